The third kappa shape index (κ3) is 7.19. The van der Waals surface area contributed by atoms with Crippen molar-refractivity contribution >= 4 is 5.97 Å². The number of aliphatic hydroxyl groups is 1. The van der Waals surface area contributed by atoms with E-state index in [1.807, 2.05) is 27.7 Å². The average molecular weight is 350 g/mol. The van der Waals surface area contributed by atoms with Gasteiger partial charge in [-0.05, 0) is 64.0 Å². The average Bonchev–Trinajstić information content (AvgIpc) is 2.89. The highest BCUT2D eigenvalue weighted by atomic mass is 16.5. The largest absolute Gasteiger partial charge is 0.465 e. The Bertz CT molecular complexity index is 514. The van der Waals surface area contributed by atoms with Crippen LogP contribution in [-0.4, -0.2) is 36.0 Å². The number of carbonyl (C=O) groups excluding carboxylic acids is 1. The van der Waals surface area contributed by atoms with Crippen molar-refractivity contribution in [3.05, 3.63) is 30.0 Å². The molecule has 25 heavy (non-hydrogen) atoms. The molecule has 0 aliphatic carbocycles. The maximum atomic E-state index is 12.2. The maximum Gasteiger partial charge on any atom is 0.311 e. The van der Waals surface area contributed by atoms with Gasteiger partial charge in [-0.25, -0.2) is 0 Å². The minimum Gasteiger partial charge on any atom is -0.465 e. The first kappa shape index (κ1) is 21.7. The number of esters is 1. The number of rotatable bonds is 10. The maximum absolute atomic E-state index is 12.2. The van der Waals surface area contributed by atoms with Gasteiger partial charge in [-0.2, -0.15) is 0 Å². The van der Waals surface area contributed by atoms with Gasteiger partial charge in [-0.15, -0.1) is 5.73 Å². The van der Waals surface area contributed by atoms with Crippen LogP contribution in [0.3, 0.4) is 0 Å². The minimum atomic E-state index is -0.569. The highest BCUT2D eigenvalue weighted by Crippen LogP contribution is 2.35. The summed E-state index contributed by atoms with van der Waals surface area (Å²) in [6.45, 7) is 15.9. The van der Waals surface area contributed by atoms with E-state index in [0.29, 0.717) is 25.9 Å². The highest BCUT2D eigenvalue weighted by molar-refractivity contribution is 5.75. The Kier molecular flexibility index (Phi) is 8.64. The molecule has 3 atom stereocenters. The molecule has 0 radical (unpaired) electrons. The van der Waals surface area contributed by atoms with E-state index in [0.717, 1.165) is 30.4 Å². The van der Waals surface area contributed by atoms with Crippen molar-refractivity contribution in [3.8, 4) is 0 Å². The van der Waals surface area contributed by atoms with Crippen LogP contribution in [0.4, 0.5) is 0 Å². The Morgan fingerprint density at radius 3 is 2.80 bits per heavy atom. The van der Waals surface area contributed by atoms with Crippen LogP contribution in [0.1, 0.15) is 66.2 Å². The molecular formula is C21H34O4. The Morgan fingerprint density at radius 2 is 2.20 bits per heavy atom. The summed E-state index contributed by atoms with van der Waals surface area (Å²) in [6, 6.07) is 0. The summed E-state index contributed by atoms with van der Waals surface area (Å²) in [5.41, 5.74) is 4.24. The predicted octanol–water partition coefficient (Wildman–Crippen LogP) is 4.33. The zero-order valence-corrected chi connectivity index (χ0v) is 16.3. The standard InChI is InChI=1S/C21H34O4/c1-7-11-24-20(23)21(5,6)14-18-13-16(4)19(25-18)10-9-17(22)12-15(3)8-2/h17-19,22H,2,4,7,9-14H2,1,3,5-6H3/t17-,18+,19+/m1/s1. The van der Waals surface area contributed by atoms with E-state index in [1.165, 1.54) is 0 Å². The van der Waals surface area contributed by atoms with E-state index in [4.69, 9.17) is 9.47 Å². The van der Waals surface area contributed by atoms with Crippen LogP contribution in [0, 0.1) is 5.41 Å². The van der Waals surface area contributed by atoms with Crippen molar-refractivity contribution in [1.82, 2.24) is 0 Å². The van der Waals surface area contributed by atoms with Gasteiger partial charge in [0.05, 0.1) is 30.3 Å². The lowest BCUT2D eigenvalue weighted by molar-refractivity contribution is -0.156. The molecule has 4 nitrogen and oxygen atoms in total. The number of hydrogen-bond acceptors (Lipinski definition) is 4. The Labute approximate surface area is 152 Å². The molecule has 1 rings (SSSR count). The van der Waals surface area contributed by atoms with Crippen LogP contribution >= 0.6 is 0 Å². The van der Waals surface area contributed by atoms with Gasteiger partial charge in [-0.1, -0.05) is 20.1 Å². The lowest BCUT2D eigenvalue weighted by Gasteiger charge is -2.25. The van der Waals surface area contributed by atoms with Crippen molar-refractivity contribution in [1.29, 1.82) is 0 Å². The Balaban J connectivity index is 2.47. The molecule has 1 heterocycles. The van der Waals surface area contributed by atoms with Crippen LogP contribution < -0.4 is 0 Å². The number of aliphatic hydroxyl groups excluding tert-OH is 1. The predicted molar refractivity (Wildman–Crippen MR) is 100 cm³/mol. The summed E-state index contributed by atoms with van der Waals surface area (Å²) < 4.78 is 11.4. The summed E-state index contributed by atoms with van der Waals surface area (Å²) in [7, 11) is 0. The van der Waals surface area contributed by atoms with Gasteiger partial charge in [0, 0.05) is 6.42 Å². The smallest absolute Gasteiger partial charge is 0.311 e. The second-order valence-electron chi connectivity index (χ2n) is 7.73. The lowest BCUT2D eigenvalue weighted by atomic mass is 9.85. The molecule has 0 spiro atoms. The van der Waals surface area contributed by atoms with Crippen molar-refractivity contribution in [2.75, 3.05) is 6.61 Å². The van der Waals surface area contributed by atoms with Gasteiger partial charge in [0.1, 0.15) is 0 Å². The molecule has 1 saturated heterocycles. The molecule has 1 fully saturated rings. The zero-order chi connectivity index (χ0) is 19.0. The molecule has 0 unspecified atom stereocenters. The van der Waals surface area contributed by atoms with E-state index in [1.54, 1.807) is 0 Å². The minimum absolute atomic E-state index is 0.0198. The highest BCUT2D eigenvalue weighted by Gasteiger charge is 2.37. The molecule has 0 saturated carbocycles. The number of ether oxygens (including phenoxy) is 2. The van der Waals surface area contributed by atoms with Gasteiger partial charge in [0.15, 0.2) is 0 Å². The molecule has 0 aromatic rings. The molecule has 0 amide bonds. The molecule has 1 aliphatic rings. The zero-order valence-electron chi connectivity index (χ0n) is 16.3. The van der Waals surface area contributed by atoms with E-state index >= 15 is 0 Å². The first-order chi connectivity index (χ1) is 11.7. The Hall–Kier alpha value is -1.35. The summed E-state index contributed by atoms with van der Waals surface area (Å²) in [5.74, 6) is -0.172. The molecule has 1 aliphatic heterocycles. The summed E-state index contributed by atoms with van der Waals surface area (Å²) >= 11 is 0. The van der Waals surface area contributed by atoms with Crippen LogP contribution in [-0.2, 0) is 14.3 Å². The van der Waals surface area contributed by atoms with Crippen LogP contribution in [0.2, 0.25) is 0 Å². The SMILES string of the molecule is C=C=C(C)C[C@H](O)CC[C@@H]1O[C@H](CC(C)(C)C(=O)OCCC)CC1=C. The van der Waals surface area contributed by atoms with Crippen LogP contribution in [0.5, 0.6) is 0 Å². The van der Waals surface area contributed by atoms with Crippen molar-refractivity contribution in [2.45, 2.75) is 84.5 Å². The molecule has 0 aromatic heterocycles. The number of carbonyl (C=O) groups is 1. The first-order valence-electron chi connectivity index (χ1n) is 9.23. The van der Waals surface area contributed by atoms with Crippen molar-refractivity contribution < 1.29 is 19.4 Å². The summed E-state index contributed by atoms with van der Waals surface area (Å²) in [5, 5.41) is 10.1. The molecule has 0 bridgehead atoms. The van der Waals surface area contributed by atoms with E-state index in [2.05, 4.69) is 18.9 Å². The van der Waals surface area contributed by atoms with Gasteiger partial charge in [0.25, 0.3) is 0 Å². The topological polar surface area (TPSA) is 55.8 Å². The fraction of sp³-hybridized carbons (Fsp3) is 0.714. The third-order valence-corrected chi connectivity index (χ3v) is 4.64. The fourth-order valence-electron chi connectivity index (χ4n) is 3.11. The normalized spacial score (nSPS) is 21.7. The summed E-state index contributed by atoms with van der Waals surface area (Å²) in [6.07, 6.45) is 3.70. The van der Waals surface area contributed by atoms with E-state index in [9.17, 15) is 9.90 Å². The molecular weight excluding hydrogens is 316 g/mol. The molecule has 1 N–H and O–H groups in total. The van der Waals surface area contributed by atoms with E-state index in [-0.39, 0.29) is 18.2 Å². The summed E-state index contributed by atoms with van der Waals surface area (Å²) in [4.78, 5) is 12.2. The third-order valence-electron chi connectivity index (χ3n) is 4.64. The van der Waals surface area contributed by atoms with Crippen LogP contribution in [0.25, 0.3) is 0 Å². The van der Waals surface area contributed by atoms with Crippen LogP contribution in [0.15, 0.2) is 30.0 Å². The number of hydrogen-bond donors (Lipinski definition) is 1. The molecule has 4 heteroatoms. The lowest BCUT2D eigenvalue weighted by Crippen LogP contribution is -2.31. The monoisotopic (exact) mass is 350 g/mol. The van der Waals surface area contributed by atoms with Gasteiger partial charge in [0.2, 0.25) is 0 Å². The second kappa shape index (κ2) is 9.96. The first-order valence-corrected chi connectivity index (χ1v) is 9.23. The second-order valence-corrected chi connectivity index (χ2v) is 7.73. The van der Waals surface area contributed by atoms with Gasteiger partial charge < -0.3 is 14.6 Å². The molecule has 0 aromatic carbocycles. The van der Waals surface area contributed by atoms with Crippen molar-refractivity contribution in [2.24, 2.45) is 5.41 Å². The fourth-order valence-corrected chi connectivity index (χ4v) is 3.11. The quantitative estimate of drug-likeness (QED) is 0.362. The van der Waals surface area contributed by atoms with Crippen molar-refractivity contribution in [3.63, 3.8) is 0 Å². The van der Waals surface area contributed by atoms with Gasteiger partial charge >= 0.3 is 5.97 Å². The van der Waals surface area contributed by atoms with E-state index < -0.39 is 11.5 Å². The van der Waals surface area contributed by atoms with Gasteiger partial charge in [-0.3, -0.25) is 4.79 Å². The molecule has 142 valence electrons. The Morgan fingerprint density at radius 1 is 1.52 bits per heavy atom.